The van der Waals surface area contributed by atoms with Crippen LogP contribution in [0.4, 0.5) is 0 Å². The first-order valence-corrected chi connectivity index (χ1v) is 10.2. The van der Waals surface area contributed by atoms with E-state index >= 15 is 0 Å². The fraction of sp³-hybridized carbons (Fsp3) is 0.682. The summed E-state index contributed by atoms with van der Waals surface area (Å²) in [7, 11) is 0. The van der Waals surface area contributed by atoms with Crippen molar-refractivity contribution in [2.45, 2.75) is 77.2 Å². The monoisotopic (exact) mass is 359 g/mol. The molecule has 136 valence electrons. The zero-order valence-corrected chi connectivity index (χ0v) is 16.5. The van der Waals surface area contributed by atoms with Gasteiger partial charge in [0.25, 0.3) is 0 Å². The summed E-state index contributed by atoms with van der Waals surface area (Å²) in [5.41, 5.74) is 1.34. The van der Waals surface area contributed by atoms with Gasteiger partial charge in [0.1, 0.15) is 0 Å². The summed E-state index contributed by atoms with van der Waals surface area (Å²) in [6.45, 7) is 7.21. The van der Waals surface area contributed by atoms with Crippen molar-refractivity contribution in [2.75, 3.05) is 0 Å². The number of hydrogen-bond acceptors (Lipinski definition) is 1. The topological polar surface area (TPSA) is 29.1 Å². The molecule has 3 fully saturated rings. The largest absolute Gasteiger partial charge is 0.352 e. The minimum absolute atomic E-state index is 0.229. The lowest BCUT2D eigenvalue weighted by Crippen LogP contribution is -2.52. The zero-order valence-electron chi connectivity index (χ0n) is 15.7. The lowest BCUT2D eigenvalue weighted by atomic mass is 9.68. The molecule has 0 heterocycles. The molecule has 1 aromatic rings. The summed E-state index contributed by atoms with van der Waals surface area (Å²) in [5, 5.41) is 4.27. The zero-order chi connectivity index (χ0) is 17.9. The van der Waals surface area contributed by atoms with E-state index in [1.54, 1.807) is 0 Å². The van der Waals surface area contributed by atoms with E-state index in [1.807, 2.05) is 12.1 Å². The van der Waals surface area contributed by atoms with E-state index in [9.17, 15) is 4.79 Å². The number of benzene rings is 1. The summed E-state index contributed by atoms with van der Waals surface area (Å²) < 4.78 is 0. The van der Waals surface area contributed by atoms with Gasteiger partial charge in [-0.25, -0.2) is 0 Å². The van der Waals surface area contributed by atoms with E-state index in [1.165, 1.54) is 12.8 Å². The van der Waals surface area contributed by atoms with Gasteiger partial charge in [0.2, 0.25) is 5.91 Å². The Balaban J connectivity index is 1.60. The normalized spacial score (nSPS) is 35.0. The molecule has 1 N–H and O–H groups in total. The SMILES string of the molecule is CC1(C)[C@H]2CC[C@@]1(C)[C@@H](NC(=O)C1(c3ccc(Cl)cc3)CCCC1)C2. The van der Waals surface area contributed by atoms with Crippen LogP contribution in [0.1, 0.15) is 71.3 Å². The van der Waals surface area contributed by atoms with Crippen LogP contribution in [0.15, 0.2) is 24.3 Å². The Morgan fingerprint density at radius 3 is 2.24 bits per heavy atom. The fourth-order valence-corrected chi connectivity index (χ4v) is 6.24. The molecule has 3 aliphatic carbocycles. The van der Waals surface area contributed by atoms with E-state index < -0.39 is 0 Å². The molecule has 0 saturated heterocycles. The van der Waals surface area contributed by atoms with Crippen molar-refractivity contribution >= 4 is 17.5 Å². The molecule has 0 radical (unpaired) electrons. The minimum atomic E-state index is -0.354. The maximum absolute atomic E-state index is 13.5. The molecule has 0 aromatic heterocycles. The Morgan fingerprint density at radius 1 is 1.08 bits per heavy atom. The first-order chi connectivity index (χ1) is 11.8. The Hall–Kier alpha value is -1.02. The molecule has 3 saturated carbocycles. The minimum Gasteiger partial charge on any atom is -0.352 e. The third-order valence-electron chi connectivity index (χ3n) is 8.39. The number of carbonyl (C=O) groups excluding carboxylic acids is 1. The Morgan fingerprint density at radius 2 is 1.72 bits per heavy atom. The van der Waals surface area contributed by atoms with E-state index in [0.717, 1.165) is 48.6 Å². The number of nitrogens with one attached hydrogen (secondary N) is 1. The van der Waals surface area contributed by atoms with Crippen molar-refractivity contribution in [2.24, 2.45) is 16.7 Å². The smallest absolute Gasteiger partial charge is 0.230 e. The van der Waals surface area contributed by atoms with Gasteiger partial charge in [-0.1, -0.05) is 57.3 Å². The van der Waals surface area contributed by atoms with Crippen molar-refractivity contribution in [3.8, 4) is 0 Å². The lowest BCUT2D eigenvalue weighted by molar-refractivity contribution is -0.128. The maximum Gasteiger partial charge on any atom is 0.230 e. The molecule has 1 aromatic carbocycles. The highest BCUT2D eigenvalue weighted by atomic mass is 35.5. The number of amides is 1. The van der Waals surface area contributed by atoms with Gasteiger partial charge >= 0.3 is 0 Å². The highest BCUT2D eigenvalue weighted by molar-refractivity contribution is 6.30. The van der Waals surface area contributed by atoms with Gasteiger partial charge in [-0.05, 0) is 66.5 Å². The molecule has 2 nitrogen and oxygen atoms in total. The summed E-state index contributed by atoms with van der Waals surface area (Å²) in [6.07, 6.45) is 7.87. The van der Waals surface area contributed by atoms with Gasteiger partial charge in [-0.2, -0.15) is 0 Å². The van der Waals surface area contributed by atoms with Crippen LogP contribution in [-0.2, 0) is 10.2 Å². The fourth-order valence-electron chi connectivity index (χ4n) is 6.11. The highest BCUT2D eigenvalue weighted by Gasteiger charge is 2.62. The van der Waals surface area contributed by atoms with Crippen molar-refractivity contribution in [1.29, 1.82) is 0 Å². The van der Waals surface area contributed by atoms with Crippen molar-refractivity contribution in [3.05, 3.63) is 34.9 Å². The average molecular weight is 360 g/mol. The van der Waals surface area contributed by atoms with Gasteiger partial charge in [0.15, 0.2) is 0 Å². The predicted molar refractivity (Wildman–Crippen MR) is 103 cm³/mol. The van der Waals surface area contributed by atoms with Crippen LogP contribution in [0, 0.1) is 16.7 Å². The Kier molecular flexibility index (Phi) is 3.99. The molecule has 3 atom stereocenters. The van der Waals surface area contributed by atoms with Crippen LogP contribution >= 0.6 is 11.6 Å². The van der Waals surface area contributed by atoms with E-state index in [-0.39, 0.29) is 16.7 Å². The molecule has 25 heavy (non-hydrogen) atoms. The van der Waals surface area contributed by atoms with Gasteiger partial charge < -0.3 is 5.32 Å². The second kappa shape index (κ2) is 5.74. The van der Waals surface area contributed by atoms with Gasteiger partial charge in [-0.3, -0.25) is 4.79 Å². The highest BCUT2D eigenvalue weighted by Crippen LogP contribution is 2.65. The Labute approximate surface area is 156 Å². The molecule has 0 spiro atoms. The number of hydrogen-bond donors (Lipinski definition) is 1. The Bertz CT molecular complexity index is 674. The first-order valence-electron chi connectivity index (χ1n) is 9.87. The van der Waals surface area contributed by atoms with Crippen molar-refractivity contribution < 1.29 is 4.79 Å². The molecular weight excluding hydrogens is 330 g/mol. The van der Waals surface area contributed by atoms with E-state index in [4.69, 9.17) is 11.6 Å². The molecule has 0 aliphatic heterocycles. The number of halogens is 1. The summed E-state index contributed by atoms with van der Waals surface area (Å²) in [4.78, 5) is 13.5. The quantitative estimate of drug-likeness (QED) is 0.760. The third-order valence-corrected chi connectivity index (χ3v) is 8.64. The predicted octanol–water partition coefficient (Wildman–Crippen LogP) is 5.48. The first kappa shape index (κ1) is 17.4. The summed E-state index contributed by atoms with van der Waals surface area (Å²) in [6, 6.07) is 8.27. The second-order valence-corrected chi connectivity index (χ2v) is 9.87. The molecule has 1 amide bonds. The lowest BCUT2D eigenvalue weighted by Gasteiger charge is -2.41. The molecule has 4 rings (SSSR count). The van der Waals surface area contributed by atoms with Crippen LogP contribution in [0.25, 0.3) is 0 Å². The summed E-state index contributed by atoms with van der Waals surface area (Å²) in [5.74, 6) is 1.000. The van der Waals surface area contributed by atoms with Gasteiger partial charge in [0.05, 0.1) is 5.41 Å². The van der Waals surface area contributed by atoms with E-state index in [2.05, 4.69) is 38.2 Å². The average Bonchev–Trinajstić information content (AvgIpc) is 3.20. The number of rotatable bonds is 3. The second-order valence-electron chi connectivity index (χ2n) is 9.43. The molecule has 2 bridgehead atoms. The van der Waals surface area contributed by atoms with Crippen LogP contribution in [0.5, 0.6) is 0 Å². The summed E-state index contributed by atoms with van der Waals surface area (Å²) >= 11 is 6.07. The van der Waals surface area contributed by atoms with Crippen LogP contribution in [0.2, 0.25) is 5.02 Å². The third kappa shape index (κ3) is 2.40. The molecule has 3 aliphatic rings. The van der Waals surface area contributed by atoms with E-state index in [0.29, 0.717) is 11.5 Å². The number of fused-ring (bicyclic) bond motifs is 2. The van der Waals surface area contributed by atoms with Gasteiger partial charge in [-0.15, -0.1) is 0 Å². The van der Waals surface area contributed by atoms with Crippen molar-refractivity contribution in [3.63, 3.8) is 0 Å². The van der Waals surface area contributed by atoms with Crippen LogP contribution in [0.3, 0.4) is 0 Å². The van der Waals surface area contributed by atoms with Gasteiger partial charge in [0, 0.05) is 11.1 Å². The molecule has 3 heteroatoms. The van der Waals surface area contributed by atoms with Crippen molar-refractivity contribution in [1.82, 2.24) is 5.32 Å². The molecular formula is C22H30ClNO. The van der Waals surface area contributed by atoms with Crippen LogP contribution in [-0.4, -0.2) is 11.9 Å². The molecule has 0 unspecified atom stereocenters. The number of carbonyl (C=O) groups is 1. The van der Waals surface area contributed by atoms with Crippen LogP contribution < -0.4 is 5.32 Å². The standard InChI is InChI=1S/C22H30ClNO/c1-20(2)16-10-13-21(20,3)18(14-16)24-19(25)22(11-4-5-12-22)15-6-8-17(23)9-7-15/h6-9,16,18H,4-5,10-14H2,1-3H3,(H,24,25)/t16-,18-,21-/m0/s1. The maximum atomic E-state index is 13.5.